The van der Waals surface area contributed by atoms with E-state index in [0.717, 1.165) is 30.3 Å². The molecule has 9 heteroatoms. The molecule has 1 aliphatic rings. The molecule has 2 aromatic rings. The standard InChI is InChI=1S/C18H15N3O5S/c1-2-10-3-5-12(6-4-10)19-18-20-17(24)16(27-18)8-11-7-13(21(25)26)15(23)9-14(11)22/h3-9,22-23H,2H2,1H3,(H,19,20,24)/b16-8-. The molecule has 1 saturated heterocycles. The average Bonchev–Trinajstić information content (AvgIpc) is 2.96. The predicted octanol–water partition coefficient (Wildman–Crippen LogP) is 3.46. The number of thioether (sulfide) groups is 1. The number of benzene rings is 2. The molecule has 138 valence electrons. The van der Waals surface area contributed by atoms with Crippen LogP contribution in [-0.4, -0.2) is 26.2 Å². The third kappa shape index (κ3) is 4.09. The van der Waals surface area contributed by atoms with Crippen molar-refractivity contribution in [3.05, 3.63) is 62.5 Å². The van der Waals surface area contributed by atoms with E-state index in [2.05, 4.69) is 10.3 Å². The van der Waals surface area contributed by atoms with Gasteiger partial charge in [0.1, 0.15) is 5.75 Å². The van der Waals surface area contributed by atoms with Crippen LogP contribution in [0.1, 0.15) is 18.1 Å². The summed E-state index contributed by atoms with van der Waals surface area (Å²) in [5.74, 6) is -1.46. The fraction of sp³-hybridized carbons (Fsp3) is 0.111. The number of nitrogens with one attached hydrogen (secondary N) is 1. The van der Waals surface area contributed by atoms with Crippen LogP contribution in [0.15, 0.2) is 46.3 Å². The molecule has 0 aliphatic carbocycles. The molecule has 0 radical (unpaired) electrons. The lowest BCUT2D eigenvalue weighted by atomic mass is 10.1. The number of aliphatic imine (C=N–C) groups is 1. The van der Waals surface area contributed by atoms with Gasteiger partial charge in [-0.15, -0.1) is 0 Å². The van der Waals surface area contributed by atoms with Gasteiger partial charge in [-0.25, -0.2) is 4.99 Å². The molecular weight excluding hydrogens is 370 g/mol. The number of aryl methyl sites for hydroxylation is 1. The number of nitrogens with zero attached hydrogens (tertiary/aromatic N) is 2. The number of amidine groups is 1. The zero-order valence-electron chi connectivity index (χ0n) is 14.2. The van der Waals surface area contributed by atoms with Crippen molar-refractivity contribution in [1.29, 1.82) is 0 Å². The molecule has 0 aromatic heterocycles. The Balaban J connectivity index is 1.88. The second-order valence-electron chi connectivity index (χ2n) is 5.66. The number of phenols is 2. The van der Waals surface area contributed by atoms with Crippen LogP contribution in [0.3, 0.4) is 0 Å². The van der Waals surface area contributed by atoms with Crippen LogP contribution < -0.4 is 5.32 Å². The van der Waals surface area contributed by atoms with Gasteiger partial charge in [0.25, 0.3) is 5.91 Å². The summed E-state index contributed by atoms with van der Waals surface area (Å²) in [5.41, 5.74) is 1.34. The molecule has 1 heterocycles. The Kier molecular flexibility index (Phi) is 5.13. The largest absolute Gasteiger partial charge is 0.507 e. The Morgan fingerprint density at radius 2 is 1.93 bits per heavy atom. The first-order valence-electron chi connectivity index (χ1n) is 7.96. The number of aromatic hydroxyl groups is 2. The molecule has 1 aliphatic heterocycles. The van der Waals surface area contributed by atoms with Crippen LogP contribution >= 0.6 is 11.8 Å². The highest BCUT2D eigenvalue weighted by atomic mass is 32.2. The zero-order valence-corrected chi connectivity index (χ0v) is 15.0. The van der Waals surface area contributed by atoms with Gasteiger partial charge in [0.15, 0.2) is 10.9 Å². The van der Waals surface area contributed by atoms with Crippen molar-refractivity contribution in [2.75, 3.05) is 0 Å². The maximum Gasteiger partial charge on any atom is 0.311 e. The summed E-state index contributed by atoms with van der Waals surface area (Å²) in [6.07, 6.45) is 2.22. The topological polar surface area (TPSA) is 125 Å². The van der Waals surface area contributed by atoms with Crippen molar-refractivity contribution < 1.29 is 19.9 Å². The van der Waals surface area contributed by atoms with E-state index in [-0.39, 0.29) is 16.2 Å². The minimum Gasteiger partial charge on any atom is -0.507 e. The molecule has 1 amide bonds. The van der Waals surface area contributed by atoms with E-state index in [9.17, 15) is 25.1 Å². The van der Waals surface area contributed by atoms with Gasteiger partial charge in [-0.05, 0) is 42.0 Å². The first kappa shape index (κ1) is 18.5. The van der Waals surface area contributed by atoms with Gasteiger partial charge >= 0.3 is 5.69 Å². The van der Waals surface area contributed by atoms with E-state index in [4.69, 9.17) is 0 Å². The monoisotopic (exact) mass is 385 g/mol. The van der Waals surface area contributed by atoms with E-state index < -0.39 is 22.3 Å². The highest BCUT2D eigenvalue weighted by Gasteiger charge is 2.25. The van der Waals surface area contributed by atoms with E-state index in [0.29, 0.717) is 10.9 Å². The minimum absolute atomic E-state index is 0.0469. The lowest BCUT2D eigenvalue weighted by molar-refractivity contribution is -0.385. The Morgan fingerprint density at radius 3 is 2.56 bits per heavy atom. The van der Waals surface area contributed by atoms with Gasteiger partial charge in [0.2, 0.25) is 0 Å². The van der Waals surface area contributed by atoms with Gasteiger partial charge < -0.3 is 15.5 Å². The summed E-state index contributed by atoms with van der Waals surface area (Å²) in [6, 6.07) is 9.46. The number of nitro groups is 1. The van der Waals surface area contributed by atoms with Crippen molar-refractivity contribution in [1.82, 2.24) is 5.32 Å². The molecule has 3 rings (SSSR count). The smallest absolute Gasteiger partial charge is 0.311 e. The van der Waals surface area contributed by atoms with Gasteiger partial charge in [-0.3, -0.25) is 14.9 Å². The van der Waals surface area contributed by atoms with Crippen molar-refractivity contribution in [3.8, 4) is 11.5 Å². The Bertz CT molecular complexity index is 983. The van der Waals surface area contributed by atoms with Crippen LogP contribution in [0.25, 0.3) is 6.08 Å². The summed E-state index contributed by atoms with van der Waals surface area (Å²) < 4.78 is 0. The molecular formula is C18H15N3O5S. The molecule has 0 spiro atoms. The number of rotatable bonds is 4. The van der Waals surface area contributed by atoms with Crippen LogP contribution in [0.5, 0.6) is 11.5 Å². The SMILES string of the molecule is CCc1ccc(N=C2NC(=O)/C(=C/c3cc([N+](=O)[O-])c(O)cc3O)S2)cc1. The van der Waals surface area contributed by atoms with E-state index in [1.807, 2.05) is 31.2 Å². The summed E-state index contributed by atoms with van der Waals surface area (Å²) >= 11 is 1.05. The number of carbonyl (C=O) groups is 1. The Labute approximate surface area is 158 Å². The first-order valence-corrected chi connectivity index (χ1v) is 8.78. The number of phenolic OH excluding ortho intramolecular Hbond substituents is 2. The lowest BCUT2D eigenvalue weighted by Crippen LogP contribution is -2.19. The highest BCUT2D eigenvalue weighted by Crippen LogP contribution is 2.36. The quantitative estimate of drug-likeness (QED) is 0.420. The van der Waals surface area contributed by atoms with Crippen molar-refractivity contribution in [2.24, 2.45) is 4.99 Å². The number of amides is 1. The Morgan fingerprint density at radius 1 is 1.22 bits per heavy atom. The normalized spacial score (nSPS) is 16.7. The second kappa shape index (κ2) is 7.50. The maximum absolute atomic E-state index is 12.1. The fourth-order valence-corrected chi connectivity index (χ4v) is 3.22. The van der Waals surface area contributed by atoms with Crippen molar-refractivity contribution in [2.45, 2.75) is 13.3 Å². The predicted molar refractivity (Wildman–Crippen MR) is 103 cm³/mol. The second-order valence-corrected chi connectivity index (χ2v) is 6.69. The minimum atomic E-state index is -0.772. The van der Waals surface area contributed by atoms with Gasteiger partial charge in [-0.1, -0.05) is 19.1 Å². The third-order valence-corrected chi connectivity index (χ3v) is 4.74. The van der Waals surface area contributed by atoms with Crippen molar-refractivity contribution in [3.63, 3.8) is 0 Å². The van der Waals surface area contributed by atoms with Gasteiger partial charge in [0.05, 0.1) is 15.5 Å². The molecule has 1 fully saturated rings. The zero-order chi connectivity index (χ0) is 19.6. The lowest BCUT2D eigenvalue weighted by Gasteiger charge is -2.02. The summed E-state index contributed by atoms with van der Waals surface area (Å²) in [4.78, 5) is 26.9. The number of carbonyl (C=O) groups excluding carboxylic acids is 1. The molecule has 0 unspecified atom stereocenters. The molecule has 2 aromatic carbocycles. The van der Waals surface area contributed by atoms with Gasteiger partial charge in [0, 0.05) is 17.7 Å². The fourth-order valence-electron chi connectivity index (χ4n) is 2.39. The molecule has 0 saturated carbocycles. The van der Waals surface area contributed by atoms with Crippen LogP contribution in [-0.2, 0) is 11.2 Å². The summed E-state index contributed by atoms with van der Waals surface area (Å²) in [5, 5.41) is 33.3. The maximum atomic E-state index is 12.1. The van der Waals surface area contributed by atoms with Crippen LogP contribution in [0, 0.1) is 10.1 Å². The summed E-state index contributed by atoms with van der Waals surface area (Å²) in [7, 11) is 0. The molecule has 0 atom stereocenters. The summed E-state index contributed by atoms with van der Waals surface area (Å²) in [6.45, 7) is 2.05. The highest BCUT2D eigenvalue weighted by molar-refractivity contribution is 8.18. The number of nitro benzene ring substituents is 1. The van der Waals surface area contributed by atoms with E-state index >= 15 is 0 Å². The molecule has 0 bridgehead atoms. The van der Waals surface area contributed by atoms with E-state index in [1.54, 1.807) is 0 Å². The van der Waals surface area contributed by atoms with Crippen LogP contribution in [0.2, 0.25) is 0 Å². The third-order valence-electron chi connectivity index (χ3n) is 3.83. The van der Waals surface area contributed by atoms with Crippen molar-refractivity contribution >= 4 is 40.3 Å². The molecule has 8 nitrogen and oxygen atoms in total. The Hall–Kier alpha value is -3.33. The van der Waals surface area contributed by atoms with Gasteiger partial charge in [-0.2, -0.15) is 0 Å². The number of hydrogen-bond donors (Lipinski definition) is 3. The number of hydrogen-bond acceptors (Lipinski definition) is 7. The van der Waals surface area contributed by atoms with E-state index in [1.165, 1.54) is 11.6 Å². The average molecular weight is 385 g/mol. The molecule has 27 heavy (non-hydrogen) atoms. The molecule has 3 N–H and O–H groups in total. The first-order chi connectivity index (χ1) is 12.9. The van der Waals surface area contributed by atoms with Crippen LogP contribution in [0.4, 0.5) is 11.4 Å².